The Bertz CT molecular complexity index is 3310. The van der Waals surface area contributed by atoms with Crippen LogP contribution >= 0.6 is 11.3 Å². The molecule has 2 aromatic heterocycles. The summed E-state index contributed by atoms with van der Waals surface area (Å²) in [6.45, 7) is 41.7. The molecule has 6 heteroatoms. The third-order valence-electron chi connectivity index (χ3n) is 14.8. The highest BCUT2D eigenvalue weighted by Gasteiger charge is 2.47. The maximum absolute atomic E-state index is 6.50. The van der Waals surface area contributed by atoms with E-state index >= 15 is 0 Å². The van der Waals surface area contributed by atoms with E-state index in [1.165, 1.54) is 72.1 Å². The van der Waals surface area contributed by atoms with Gasteiger partial charge in [-0.05, 0) is 150 Å². The number of aromatic nitrogens is 1. The van der Waals surface area contributed by atoms with E-state index in [0.717, 1.165) is 43.8 Å². The summed E-state index contributed by atoms with van der Waals surface area (Å²) in [7, 11) is 0. The highest BCUT2D eigenvalue weighted by atomic mass is 32.1. The first-order valence-electron chi connectivity index (χ1n) is 25.1. The predicted octanol–water partition coefficient (Wildman–Crippen LogP) is 16.6. The lowest BCUT2D eigenvalue weighted by atomic mass is 9.35. The summed E-state index contributed by atoms with van der Waals surface area (Å²) in [5.41, 5.74) is 20.2. The van der Waals surface area contributed by atoms with E-state index in [2.05, 4.69) is 244 Å². The van der Waals surface area contributed by atoms with Crippen LogP contribution in [-0.2, 0) is 32.5 Å². The molecule has 69 heavy (non-hydrogen) atoms. The third kappa shape index (κ3) is 8.13. The number of rotatable bonds is 3. The van der Waals surface area contributed by atoms with Gasteiger partial charge in [0.15, 0.2) is 0 Å². The summed E-state index contributed by atoms with van der Waals surface area (Å²) < 4.78 is 6.50. The van der Waals surface area contributed by atoms with Crippen molar-refractivity contribution in [3.8, 4) is 10.6 Å². The van der Waals surface area contributed by atoms with Crippen LogP contribution < -0.4 is 26.3 Å². The van der Waals surface area contributed by atoms with E-state index < -0.39 is 0 Å². The molecule has 0 amide bonds. The first-order chi connectivity index (χ1) is 32.0. The molecule has 6 aromatic carbocycles. The molecule has 354 valence electrons. The van der Waals surface area contributed by atoms with Gasteiger partial charge in [0, 0.05) is 44.8 Å². The number of fused-ring (bicyclic) bond motifs is 7. The molecular weight excluding hydrogens is 858 g/mol. The van der Waals surface area contributed by atoms with Gasteiger partial charge in [0.1, 0.15) is 21.2 Å². The van der Waals surface area contributed by atoms with Crippen LogP contribution in [0.25, 0.3) is 32.5 Å². The van der Waals surface area contributed by atoms with Crippen molar-refractivity contribution in [2.45, 2.75) is 157 Å². The lowest BCUT2D eigenvalue weighted by Crippen LogP contribution is -2.62. The van der Waals surface area contributed by atoms with E-state index in [0.29, 0.717) is 0 Å². The average Bonchev–Trinajstić information content (AvgIpc) is 3.85. The van der Waals surface area contributed by atoms with E-state index in [-0.39, 0.29) is 39.2 Å². The van der Waals surface area contributed by atoms with Gasteiger partial charge in [-0.3, -0.25) is 0 Å². The van der Waals surface area contributed by atoms with Gasteiger partial charge in [0.05, 0.1) is 5.59 Å². The van der Waals surface area contributed by atoms with Gasteiger partial charge in [-0.2, -0.15) is 0 Å². The Morgan fingerprint density at radius 2 is 0.899 bits per heavy atom. The molecule has 0 bridgehead atoms. The molecule has 0 radical (unpaired) electrons. The maximum atomic E-state index is 6.50. The minimum atomic E-state index is -0.135. The summed E-state index contributed by atoms with van der Waals surface area (Å²) >= 11 is 1.82. The molecule has 0 aliphatic carbocycles. The van der Waals surface area contributed by atoms with Gasteiger partial charge in [0.2, 0.25) is 0 Å². The SMILES string of the molecule is CC(C)(C)c1ccc(N2c3ccc(C(C)(C)C)cc3B3c4nc(-c5ccc6oc7ccc(C(C)(C)C)cc7c6c5)sc4N(c4cc(C(C)(C)C)cc(C(C)(C)C)c4)c4cc(C(C)(C)C)cc2c43)cc1. The standard InChI is InChI=1S/C63H72BN3OS/c1-58(2,3)38-20-24-44(25-21-38)66-49-26-22-40(60(7,8)9)34-48(49)64-54-50(66)35-43(63(16,17)18)36-51(54)67(45-31-41(61(10,11)12)30-42(32-45)62(13,14)15)57-55(64)65-56(69-57)37-19-27-52-46(29-37)47-33-39(59(4,5)6)23-28-53(47)68-52/h19-36H,1-18H3. The lowest BCUT2D eigenvalue weighted by molar-refractivity contribution is 0.569. The Kier molecular flexibility index (Phi) is 10.6. The zero-order valence-corrected chi connectivity index (χ0v) is 45.4. The van der Waals surface area contributed by atoms with Crippen LogP contribution in [0.4, 0.5) is 33.4 Å². The minimum absolute atomic E-state index is 0.0136. The number of furan rings is 1. The molecule has 2 aliphatic heterocycles. The van der Waals surface area contributed by atoms with E-state index in [4.69, 9.17) is 9.40 Å². The van der Waals surface area contributed by atoms with Crippen molar-refractivity contribution in [3.63, 3.8) is 0 Å². The van der Waals surface area contributed by atoms with Gasteiger partial charge in [-0.15, -0.1) is 0 Å². The normalized spacial score (nSPS) is 14.4. The molecule has 0 saturated heterocycles. The molecule has 4 heterocycles. The fourth-order valence-corrected chi connectivity index (χ4v) is 11.4. The average molecular weight is 930 g/mol. The predicted molar refractivity (Wildman–Crippen MR) is 301 cm³/mol. The van der Waals surface area contributed by atoms with Crippen molar-refractivity contribution >= 4 is 89.9 Å². The topological polar surface area (TPSA) is 32.5 Å². The van der Waals surface area contributed by atoms with Crippen molar-refractivity contribution in [2.75, 3.05) is 9.80 Å². The smallest absolute Gasteiger partial charge is 0.276 e. The Balaban J connectivity index is 1.31. The Labute approximate surface area is 417 Å². The fourth-order valence-electron chi connectivity index (χ4n) is 10.3. The van der Waals surface area contributed by atoms with Crippen molar-refractivity contribution < 1.29 is 4.42 Å². The summed E-state index contributed by atoms with van der Waals surface area (Å²) in [6, 6.07) is 42.4. The molecule has 10 rings (SSSR count). The van der Waals surface area contributed by atoms with E-state index in [1.54, 1.807) is 0 Å². The van der Waals surface area contributed by atoms with Crippen LogP contribution in [0.3, 0.4) is 0 Å². The molecule has 0 fully saturated rings. The molecule has 0 N–H and O–H groups in total. The molecule has 8 aromatic rings. The van der Waals surface area contributed by atoms with Gasteiger partial charge in [0.25, 0.3) is 6.71 Å². The monoisotopic (exact) mass is 930 g/mol. The maximum Gasteiger partial charge on any atom is 0.276 e. The van der Waals surface area contributed by atoms with Crippen molar-refractivity contribution in [1.29, 1.82) is 0 Å². The number of thiazole rings is 1. The summed E-state index contributed by atoms with van der Waals surface area (Å²) in [4.78, 5) is 11.1. The van der Waals surface area contributed by atoms with Crippen LogP contribution in [0.15, 0.2) is 114 Å². The second kappa shape index (κ2) is 15.5. The van der Waals surface area contributed by atoms with Crippen LogP contribution in [0.1, 0.15) is 158 Å². The van der Waals surface area contributed by atoms with Crippen LogP contribution in [0.5, 0.6) is 0 Å². The lowest BCUT2D eigenvalue weighted by Gasteiger charge is -2.44. The molecule has 0 unspecified atom stereocenters. The molecule has 2 aliphatic rings. The highest BCUT2D eigenvalue weighted by molar-refractivity contribution is 7.22. The second-order valence-electron chi connectivity index (χ2n) is 26.4. The van der Waals surface area contributed by atoms with Gasteiger partial charge >= 0.3 is 0 Å². The Morgan fingerprint density at radius 1 is 0.420 bits per heavy atom. The zero-order chi connectivity index (χ0) is 49.7. The summed E-state index contributed by atoms with van der Waals surface area (Å²) in [6.07, 6.45) is 0. The molecule has 0 atom stereocenters. The van der Waals surface area contributed by atoms with E-state index in [1.807, 2.05) is 11.3 Å². The van der Waals surface area contributed by atoms with Crippen molar-refractivity contribution in [2.24, 2.45) is 0 Å². The Hall–Kier alpha value is -5.59. The second-order valence-corrected chi connectivity index (χ2v) is 27.3. The van der Waals surface area contributed by atoms with Crippen LogP contribution in [0, 0.1) is 0 Å². The van der Waals surface area contributed by atoms with Crippen LogP contribution in [0.2, 0.25) is 0 Å². The van der Waals surface area contributed by atoms with Crippen molar-refractivity contribution in [3.05, 3.63) is 143 Å². The number of nitrogens with zero attached hydrogens (tertiary/aromatic N) is 3. The fraction of sp³-hybridized carbons (Fsp3) is 0.381. The van der Waals surface area contributed by atoms with Gasteiger partial charge < -0.3 is 14.2 Å². The third-order valence-corrected chi connectivity index (χ3v) is 15.9. The highest BCUT2D eigenvalue weighted by Crippen LogP contribution is 2.50. The largest absolute Gasteiger partial charge is 0.456 e. The first-order valence-corrected chi connectivity index (χ1v) is 26.0. The Morgan fingerprint density at radius 3 is 1.46 bits per heavy atom. The number of anilines is 6. The quantitative estimate of drug-likeness (QED) is 0.165. The first kappa shape index (κ1) is 47.1. The minimum Gasteiger partial charge on any atom is -0.456 e. The van der Waals surface area contributed by atoms with Crippen molar-refractivity contribution in [1.82, 2.24) is 4.98 Å². The van der Waals surface area contributed by atoms with Gasteiger partial charge in [-0.25, -0.2) is 4.98 Å². The summed E-state index contributed by atoms with van der Waals surface area (Å²) in [5, 5.41) is 4.45. The molecule has 4 nitrogen and oxygen atoms in total. The summed E-state index contributed by atoms with van der Waals surface area (Å²) in [5.74, 6) is 0. The van der Waals surface area contributed by atoms with Crippen LogP contribution in [-0.4, -0.2) is 11.7 Å². The number of hydrogen-bond acceptors (Lipinski definition) is 5. The van der Waals surface area contributed by atoms with Gasteiger partial charge in [-0.1, -0.05) is 172 Å². The molecular formula is C63H72BN3OS. The zero-order valence-electron chi connectivity index (χ0n) is 44.6. The number of hydrogen-bond donors (Lipinski definition) is 0. The molecule has 0 saturated carbocycles. The van der Waals surface area contributed by atoms with E-state index in [9.17, 15) is 0 Å². The number of benzene rings is 6. The molecule has 0 spiro atoms.